The molecule has 74 valence electrons. The highest BCUT2D eigenvalue weighted by molar-refractivity contribution is 5.85. The van der Waals surface area contributed by atoms with Gasteiger partial charge in [-0.3, -0.25) is 0 Å². The molecule has 1 atom stereocenters. The maximum Gasteiger partial charge on any atom is 0.0297 e. The first-order valence-corrected chi connectivity index (χ1v) is 4.48. The average molecular weight is 200 g/mol. The van der Waals surface area contributed by atoms with Gasteiger partial charge >= 0.3 is 0 Å². The van der Waals surface area contributed by atoms with Crippen molar-refractivity contribution in [1.29, 1.82) is 0 Å². The number of halogens is 1. The van der Waals surface area contributed by atoms with Crippen LogP contribution in [0.3, 0.4) is 0 Å². The molecule has 0 saturated heterocycles. The normalized spacial score (nSPS) is 12.0. The summed E-state index contributed by atoms with van der Waals surface area (Å²) in [7, 11) is 0. The Morgan fingerprint density at radius 1 is 1.23 bits per heavy atom. The lowest BCUT2D eigenvalue weighted by molar-refractivity contribution is 0.689. The zero-order valence-electron chi connectivity index (χ0n) is 8.50. The Balaban J connectivity index is 0.00000144. The summed E-state index contributed by atoms with van der Waals surface area (Å²) in [6.07, 6.45) is 1.01. The minimum Gasteiger partial charge on any atom is -0.324 e. The molecule has 1 aromatic rings. The summed E-state index contributed by atoms with van der Waals surface area (Å²) in [6, 6.07) is 6.53. The molecule has 1 aromatic carbocycles. The monoisotopic (exact) mass is 199 g/mol. The molecule has 2 N–H and O–H groups in total. The van der Waals surface area contributed by atoms with Gasteiger partial charge in [0.1, 0.15) is 0 Å². The van der Waals surface area contributed by atoms with Crippen LogP contribution in [0.15, 0.2) is 18.2 Å². The Morgan fingerprint density at radius 2 is 1.69 bits per heavy atom. The number of hydrogen-bond donors (Lipinski definition) is 1. The SMILES string of the molecule is CC[C@@H](N)c1c(C)cccc1C.Cl. The fourth-order valence-electron chi connectivity index (χ4n) is 1.62. The molecular weight excluding hydrogens is 182 g/mol. The third kappa shape index (κ3) is 2.71. The van der Waals surface area contributed by atoms with E-state index in [9.17, 15) is 0 Å². The highest BCUT2D eigenvalue weighted by Crippen LogP contribution is 2.21. The van der Waals surface area contributed by atoms with E-state index < -0.39 is 0 Å². The van der Waals surface area contributed by atoms with Gasteiger partial charge in [-0.15, -0.1) is 12.4 Å². The van der Waals surface area contributed by atoms with E-state index in [-0.39, 0.29) is 18.4 Å². The number of rotatable bonds is 2. The molecule has 0 heterocycles. The first kappa shape index (κ1) is 12.5. The number of hydrogen-bond acceptors (Lipinski definition) is 1. The van der Waals surface area contributed by atoms with E-state index in [4.69, 9.17) is 5.73 Å². The quantitative estimate of drug-likeness (QED) is 0.778. The van der Waals surface area contributed by atoms with Crippen LogP contribution >= 0.6 is 12.4 Å². The van der Waals surface area contributed by atoms with Crippen LogP contribution in [0, 0.1) is 13.8 Å². The molecule has 0 aliphatic carbocycles. The molecule has 0 aliphatic rings. The minimum absolute atomic E-state index is 0. The Labute approximate surface area is 86.7 Å². The van der Waals surface area contributed by atoms with E-state index in [1.54, 1.807) is 0 Å². The van der Waals surface area contributed by atoms with Crippen molar-refractivity contribution in [2.45, 2.75) is 33.2 Å². The fraction of sp³-hybridized carbons (Fsp3) is 0.455. The summed E-state index contributed by atoms with van der Waals surface area (Å²) in [5, 5.41) is 0. The van der Waals surface area contributed by atoms with E-state index in [1.165, 1.54) is 16.7 Å². The van der Waals surface area contributed by atoms with Crippen LogP contribution in [0.25, 0.3) is 0 Å². The molecule has 2 heteroatoms. The van der Waals surface area contributed by atoms with Crippen molar-refractivity contribution in [2.24, 2.45) is 5.73 Å². The summed E-state index contributed by atoms with van der Waals surface area (Å²) in [5.74, 6) is 0. The van der Waals surface area contributed by atoms with Gasteiger partial charge < -0.3 is 5.73 Å². The number of aryl methyl sites for hydroxylation is 2. The van der Waals surface area contributed by atoms with Crippen molar-refractivity contribution in [3.8, 4) is 0 Å². The smallest absolute Gasteiger partial charge is 0.0297 e. The van der Waals surface area contributed by atoms with Gasteiger partial charge in [-0.2, -0.15) is 0 Å². The van der Waals surface area contributed by atoms with Crippen molar-refractivity contribution in [3.05, 3.63) is 34.9 Å². The molecule has 0 bridgehead atoms. The van der Waals surface area contributed by atoms with Gasteiger partial charge in [0, 0.05) is 6.04 Å². The maximum absolute atomic E-state index is 6.00. The third-order valence-electron chi connectivity index (χ3n) is 2.35. The van der Waals surface area contributed by atoms with E-state index in [2.05, 4.69) is 39.0 Å². The molecule has 13 heavy (non-hydrogen) atoms. The lowest BCUT2D eigenvalue weighted by Crippen LogP contribution is -2.11. The van der Waals surface area contributed by atoms with Crippen molar-refractivity contribution >= 4 is 12.4 Å². The van der Waals surface area contributed by atoms with Gasteiger partial charge in [-0.05, 0) is 37.0 Å². The number of nitrogens with two attached hydrogens (primary N) is 1. The van der Waals surface area contributed by atoms with Gasteiger partial charge in [-0.1, -0.05) is 25.1 Å². The zero-order chi connectivity index (χ0) is 9.14. The second kappa shape index (κ2) is 5.25. The first-order chi connectivity index (χ1) is 5.66. The van der Waals surface area contributed by atoms with E-state index >= 15 is 0 Å². The molecule has 0 aromatic heterocycles. The lowest BCUT2D eigenvalue weighted by Gasteiger charge is -2.15. The molecule has 1 nitrogen and oxygen atoms in total. The standard InChI is InChI=1S/C11H17N.ClH/c1-4-10(12)11-8(2)6-5-7-9(11)3;/h5-7,10H,4,12H2,1-3H3;1H/t10-;/m1./s1. The highest BCUT2D eigenvalue weighted by atomic mass is 35.5. The van der Waals surface area contributed by atoms with Crippen LogP contribution in [0.4, 0.5) is 0 Å². The predicted molar refractivity (Wildman–Crippen MR) is 60.4 cm³/mol. The van der Waals surface area contributed by atoms with Crippen LogP contribution in [-0.2, 0) is 0 Å². The summed E-state index contributed by atoms with van der Waals surface area (Å²) >= 11 is 0. The van der Waals surface area contributed by atoms with Gasteiger partial charge in [0.2, 0.25) is 0 Å². The maximum atomic E-state index is 6.00. The zero-order valence-corrected chi connectivity index (χ0v) is 9.32. The van der Waals surface area contributed by atoms with Crippen molar-refractivity contribution < 1.29 is 0 Å². The topological polar surface area (TPSA) is 26.0 Å². The molecule has 0 radical (unpaired) electrons. The Bertz CT molecular complexity index is 251. The minimum atomic E-state index is 0. The van der Waals surface area contributed by atoms with Crippen LogP contribution in [0.2, 0.25) is 0 Å². The average Bonchev–Trinajstić information content (AvgIpc) is 2.03. The molecule has 1 rings (SSSR count). The predicted octanol–water partition coefficient (Wildman–Crippen LogP) is 3.14. The largest absolute Gasteiger partial charge is 0.324 e. The van der Waals surface area contributed by atoms with Crippen LogP contribution in [0.5, 0.6) is 0 Å². The summed E-state index contributed by atoms with van der Waals surface area (Å²) in [6.45, 7) is 6.37. The molecular formula is C11H18ClN. The highest BCUT2D eigenvalue weighted by Gasteiger charge is 2.08. The van der Waals surface area contributed by atoms with Gasteiger partial charge in [0.15, 0.2) is 0 Å². The van der Waals surface area contributed by atoms with Gasteiger partial charge in [0.25, 0.3) is 0 Å². The second-order valence-electron chi connectivity index (χ2n) is 3.32. The van der Waals surface area contributed by atoms with E-state index in [0.29, 0.717) is 0 Å². The van der Waals surface area contributed by atoms with E-state index in [0.717, 1.165) is 6.42 Å². The van der Waals surface area contributed by atoms with Crippen LogP contribution < -0.4 is 5.73 Å². The van der Waals surface area contributed by atoms with Crippen LogP contribution in [-0.4, -0.2) is 0 Å². The van der Waals surface area contributed by atoms with Crippen LogP contribution in [0.1, 0.15) is 36.1 Å². The molecule has 0 fully saturated rings. The van der Waals surface area contributed by atoms with Crippen molar-refractivity contribution in [1.82, 2.24) is 0 Å². The number of benzene rings is 1. The Morgan fingerprint density at radius 3 is 2.08 bits per heavy atom. The summed E-state index contributed by atoms with van der Waals surface area (Å²) in [4.78, 5) is 0. The summed E-state index contributed by atoms with van der Waals surface area (Å²) in [5.41, 5.74) is 9.93. The van der Waals surface area contributed by atoms with E-state index in [1.807, 2.05) is 0 Å². The Hall–Kier alpha value is -0.530. The third-order valence-corrected chi connectivity index (χ3v) is 2.35. The van der Waals surface area contributed by atoms with Gasteiger partial charge in [0.05, 0.1) is 0 Å². The Kier molecular flexibility index (Phi) is 5.04. The lowest BCUT2D eigenvalue weighted by atomic mass is 9.95. The van der Waals surface area contributed by atoms with Crippen molar-refractivity contribution in [2.75, 3.05) is 0 Å². The first-order valence-electron chi connectivity index (χ1n) is 4.48. The molecule has 0 spiro atoms. The van der Waals surface area contributed by atoms with Gasteiger partial charge in [-0.25, -0.2) is 0 Å². The fourth-order valence-corrected chi connectivity index (χ4v) is 1.62. The molecule has 0 aliphatic heterocycles. The molecule has 0 saturated carbocycles. The molecule has 0 amide bonds. The molecule has 0 unspecified atom stereocenters. The second-order valence-corrected chi connectivity index (χ2v) is 3.32. The van der Waals surface area contributed by atoms with Crippen molar-refractivity contribution in [3.63, 3.8) is 0 Å². The summed E-state index contributed by atoms with van der Waals surface area (Å²) < 4.78 is 0.